The van der Waals surface area contributed by atoms with Crippen LogP contribution in [0.5, 0.6) is 5.75 Å². The van der Waals surface area contributed by atoms with E-state index in [9.17, 15) is 0 Å². The van der Waals surface area contributed by atoms with Gasteiger partial charge in [-0.2, -0.15) is 5.10 Å². The molecule has 0 amide bonds. The van der Waals surface area contributed by atoms with Crippen molar-refractivity contribution in [1.82, 2.24) is 14.7 Å². The molecule has 0 aliphatic carbocycles. The normalized spacial score (nSPS) is 16.2. The van der Waals surface area contributed by atoms with Crippen LogP contribution in [-0.4, -0.2) is 40.4 Å². The van der Waals surface area contributed by atoms with Crippen molar-refractivity contribution in [2.45, 2.75) is 59.2 Å². The standard InChI is InChI=1S/C15H30N4O/c1-7-15(5,18(8-2)9-3)14(16)13-12(20-6)11-17-19(13)10-4/h11,14H,7-10,16H2,1-6H3. The molecule has 2 unspecified atom stereocenters. The van der Waals surface area contributed by atoms with Crippen molar-refractivity contribution >= 4 is 0 Å². The number of nitrogens with two attached hydrogens (primary N) is 1. The molecule has 2 N–H and O–H groups in total. The third-order valence-corrected chi connectivity index (χ3v) is 4.53. The van der Waals surface area contributed by atoms with Crippen LogP contribution in [0, 0.1) is 0 Å². The second-order valence-corrected chi connectivity index (χ2v) is 5.27. The predicted octanol–water partition coefficient (Wildman–Crippen LogP) is 2.42. The maximum Gasteiger partial charge on any atom is 0.161 e. The molecule has 0 spiro atoms. The fraction of sp³-hybridized carbons (Fsp3) is 0.800. The highest BCUT2D eigenvalue weighted by Crippen LogP contribution is 2.36. The summed E-state index contributed by atoms with van der Waals surface area (Å²) in [5, 5.41) is 4.38. The molecule has 0 aliphatic rings. The van der Waals surface area contributed by atoms with Gasteiger partial charge in [-0.1, -0.05) is 20.8 Å². The van der Waals surface area contributed by atoms with E-state index >= 15 is 0 Å². The Balaban J connectivity index is 3.26. The first-order valence-corrected chi connectivity index (χ1v) is 7.60. The molecule has 0 radical (unpaired) electrons. The van der Waals surface area contributed by atoms with Crippen molar-refractivity contribution in [2.24, 2.45) is 5.73 Å². The number of likely N-dealkylation sites (N-methyl/N-ethyl adjacent to an activating group) is 1. The average molecular weight is 282 g/mol. The molecule has 116 valence electrons. The summed E-state index contributed by atoms with van der Waals surface area (Å²) in [5.74, 6) is 0.784. The third-order valence-electron chi connectivity index (χ3n) is 4.53. The van der Waals surface area contributed by atoms with Gasteiger partial charge in [0.2, 0.25) is 0 Å². The van der Waals surface area contributed by atoms with E-state index in [1.165, 1.54) is 0 Å². The minimum atomic E-state index is -0.134. The van der Waals surface area contributed by atoms with E-state index < -0.39 is 0 Å². The van der Waals surface area contributed by atoms with Crippen molar-refractivity contribution in [1.29, 1.82) is 0 Å². The van der Waals surface area contributed by atoms with Crippen molar-refractivity contribution in [3.05, 3.63) is 11.9 Å². The van der Waals surface area contributed by atoms with E-state index in [0.717, 1.165) is 37.5 Å². The van der Waals surface area contributed by atoms with Crippen LogP contribution in [0.1, 0.15) is 52.8 Å². The smallest absolute Gasteiger partial charge is 0.161 e. The summed E-state index contributed by atoms with van der Waals surface area (Å²) in [6.45, 7) is 13.6. The Morgan fingerprint density at radius 1 is 1.35 bits per heavy atom. The fourth-order valence-electron chi connectivity index (χ4n) is 2.98. The number of hydrogen-bond donors (Lipinski definition) is 1. The number of ether oxygens (including phenoxy) is 1. The van der Waals surface area contributed by atoms with Gasteiger partial charge in [-0.15, -0.1) is 0 Å². The van der Waals surface area contributed by atoms with Crippen LogP contribution in [-0.2, 0) is 6.54 Å². The van der Waals surface area contributed by atoms with Gasteiger partial charge in [-0.05, 0) is 33.4 Å². The summed E-state index contributed by atoms with van der Waals surface area (Å²) >= 11 is 0. The molecule has 2 atom stereocenters. The van der Waals surface area contributed by atoms with Gasteiger partial charge >= 0.3 is 0 Å². The van der Waals surface area contributed by atoms with Crippen LogP contribution < -0.4 is 10.5 Å². The lowest BCUT2D eigenvalue weighted by Gasteiger charge is -2.44. The van der Waals surface area contributed by atoms with Crippen molar-refractivity contribution in [3.8, 4) is 5.75 Å². The SMILES string of the molecule is CCN(CC)C(C)(CC)C(N)c1c(OC)cnn1CC. The first kappa shape index (κ1) is 17.0. The number of methoxy groups -OCH3 is 1. The molecule has 5 nitrogen and oxygen atoms in total. The van der Waals surface area contributed by atoms with Crippen molar-refractivity contribution in [3.63, 3.8) is 0 Å². The number of rotatable bonds is 8. The quantitative estimate of drug-likeness (QED) is 0.795. The van der Waals surface area contributed by atoms with E-state index in [1.807, 2.05) is 4.68 Å². The molecule has 5 heteroatoms. The Kier molecular flexibility index (Phi) is 6.02. The second kappa shape index (κ2) is 7.09. The second-order valence-electron chi connectivity index (χ2n) is 5.27. The lowest BCUT2D eigenvalue weighted by atomic mass is 9.85. The Morgan fingerprint density at radius 3 is 2.35 bits per heavy atom. The van der Waals surface area contributed by atoms with Gasteiger partial charge in [-0.25, -0.2) is 0 Å². The third kappa shape index (κ3) is 2.83. The Hall–Kier alpha value is -1.07. The molecular weight excluding hydrogens is 252 g/mol. The Bertz CT molecular complexity index is 393. The van der Waals surface area contributed by atoms with Gasteiger partial charge in [-0.3, -0.25) is 9.58 Å². The zero-order valence-electron chi connectivity index (χ0n) is 13.8. The molecular formula is C15H30N4O. The first-order chi connectivity index (χ1) is 9.49. The summed E-state index contributed by atoms with van der Waals surface area (Å²) in [7, 11) is 1.67. The highest BCUT2D eigenvalue weighted by molar-refractivity contribution is 5.30. The van der Waals surface area contributed by atoms with Crippen molar-refractivity contribution < 1.29 is 4.74 Å². The maximum atomic E-state index is 6.65. The molecule has 1 rings (SSSR count). The monoisotopic (exact) mass is 282 g/mol. The molecule has 0 saturated carbocycles. The Morgan fingerprint density at radius 2 is 1.95 bits per heavy atom. The van der Waals surface area contributed by atoms with E-state index in [0.29, 0.717) is 0 Å². The summed E-state index contributed by atoms with van der Waals surface area (Å²) < 4.78 is 7.40. The maximum absolute atomic E-state index is 6.65. The van der Waals surface area contributed by atoms with Gasteiger partial charge in [0.1, 0.15) is 0 Å². The summed E-state index contributed by atoms with van der Waals surface area (Å²) in [5.41, 5.74) is 7.54. The predicted molar refractivity (Wildman–Crippen MR) is 83.0 cm³/mol. The van der Waals surface area contributed by atoms with Crippen LogP contribution in [0.2, 0.25) is 0 Å². The van der Waals surface area contributed by atoms with E-state index in [1.54, 1.807) is 13.3 Å². The van der Waals surface area contributed by atoms with Crippen LogP contribution in [0.25, 0.3) is 0 Å². The highest BCUT2D eigenvalue weighted by Gasteiger charge is 2.38. The molecule has 0 fully saturated rings. The molecule has 1 aromatic heterocycles. The minimum Gasteiger partial charge on any atom is -0.493 e. The van der Waals surface area contributed by atoms with E-state index in [4.69, 9.17) is 10.5 Å². The molecule has 0 bridgehead atoms. The number of aromatic nitrogens is 2. The van der Waals surface area contributed by atoms with Crippen LogP contribution >= 0.6 is 0 Å². The average Bonchev–Trinajstić information content (AvgIpc) is 2.89. The van der Waals surface area contributed by atoms with Crippen molar-refractivity contribution in [2.75, 3.05) is 20.2 Å². The number of aryl methyl sites for hydroxylation is 1. The molecule has 1 aromatic rings. The molecule has 1 heterocycles. The minimum absolute atomic E-state index is 0.107. The molecule has 20 heavy (non-hydrogen) atoms. The van der Waals surface area contributed by atoms with Gasteiger partial charge in [0.25, 0.3) is 0 Å². The fourth-order valence-corrected chi connectivity index (χ4v) is 2.98. The van der Waals surface area contributed by atoms with Crippen LogP contribution in [0.15, 0.2) is 6.20 Å². The van der Waals surface area contributed by atoms with E-state index in [2.05, 4.69) is 44.6 Å². The molecule has 0 saturated heterocycles. The summed E-state index contributed by atoms with van der Waals surface area (Å²) in [6, 6.07) is -0.134. The van der Waals surface area contributed by atoms with Gasteiger partial charge in [0.05, 0.1) is 25.0 Å². The van der Waals surface area contributed by atoms with Crippen LogP contribution in [0.4, 0.5) is 0 Å². The number of nitrogens with zero attached hydrogens (tertiary/aromatic N) is 3. The largest absolute Gasteiger partial charge is 0.493 e. The first-order valence-electron chi connectivity index (χ1n) is 7.60. The lowest BCUT2D eigenvalue weighted by Crippen LogP contribution is -2.53. The van der Waals surface area contributed by atoms with Gasteiger partial charge in [0, 0.05) is 12.1 Å². The zero-order valence-corrected chi connectivity index (χ0v) is 13.8. The summed E-state index contributed by atoms with van der Waals surface area (Å²) in [6.07, 6.45) is 2.74. The Labute approximate surface area is 123 Å². The number of hydrogen-bond acceptors (Lipinski definition) is 4. The lowest BCUT2D eigenvalue weighted by molar-refractivity contribution is 0.0804. The topological polar surface area (TPSA) is 56.3 Å². The molecule has 0 aromatic carbocycles. The summed E-state index contributed by atoms with van der Waals surface area (Å²) in [4.78, 5) is 2.42. The highest BCUT2D eigenvalue weighted by atomic mass is 16.5. The van der Waals surface area contributed by atoms with Crippen LogP contribution in [0.3, 0.4) is 0 Å². The molecule has 0 aliphatic heterocycles. The van der Waals surface area contributed by atoms with Gasteiger partial charge < -0.3 is 10.5 Å². The van der Waals surface area contributed by atoms with E-state index in [-0.39, 0.29) is 11.6 Å². The zero-order chi connectivity index (χ0) is 15.3. The van der Waals surface area contributed by atoms with Gasteiger partial charge in [0.15, 0.2) is 5.75 Å².